The Hall–Kier alpha value is -2.56. The Morgan fingerprint density at radius 3 is 2.83 bits per heavy atom. The summed E-state index contributed by atoms with van der Waals surface area (Å²) in [5.41, 5.74) is 0.810. The Bertz CT molecular complexity index is 724. The lowest BCUT2D eigenvalue weighted by Crippen LogP contribution is -2.33. The topological polar surface area (TPSA) is 58.6 Å². The van der Waals surface area contributed by atoms with E-state index in [4.69, 9.17) is 4.74 Å². The molecule has 2 amide bonds. The number of likely N-dealkylation sites (tertiary alicyclic amines) is 1. The van der Waals surface area contributed by atoms with Crippen LogP contribution in [0.2, 0.25) is 0 Å². The third-order valence-corrected chi connectivity index (χ3v) is 4.29. The highest BCUT2D eigenvalue weighted by Gasteiger charge is 2.28. The summed E-state index contributed by atoms with van der Waals surface area (Å²) < 4.78 is 4.69. The molecule has 1 aliphatic rings. The first-order valence-corrected chi connectivity index (χ1v) is 7.78. The van der Waals surface area contributed by atoms with Crippen LogP contribution in [0, 0.1) is 5.92 Å². The average molecular weight is 312 g/mol. The summed E-state index contributed by atoms with van der Waals surface area (Å²) in [4.78, 5) is 25.6. The van der Waals surface area contributed by atoms with Gasteiger partial charge >= 0.3 is 12.0 Å². The van der Waals surface area contributed by atoms with Crippen molar-refractivity contribution in [1.29, 1.82) is 0 Å². The van der Waals surface area contributed by atoms with Crippen LogP contribution in [0.5, 0.6) is 0 Å². The van der Waals surface area contributed by atoms with Gasteiger partial charge < -0.3 is 15.0 Å². The van der Waals surface area contributed by atoms with Gasteiger partial charge in [-0.15, -0.1) is 0 Å². The lowest BCUT2D eigenvalue weighted by molar-refractivity contribution is -0.141. The van der Waals surface area contributed by atoms with Crippen molar-refractivity contribution in [1.82, 2.24) is 4.90 Å². The van der Waals surface area contributed by atoms with Gasteiger partial charge in [-0.05, 0) is 23.8 Å². The van der Waals surface area contributed by atoms with E-state index in [9.17, 15) is 9.59 Å². The molecule has 0 radical (unpaired) electrons. The van der Waals surface area contributed by atoms with Crippen LogP contribution < -0.4 is 5.32 Å². The minimum Gasteiger partial charge on any atom is -0.469 e. The molecular weight excluding hydrogens is 292 g/mol. The van der Waals surface area contributed by atoms with E-state index in [1.54, 1.807) is 4.90 Å². The molecule has 1 atom stereocenters. The van der Waals surface area contributed by atoms with E-state index in [2.05, 4.69) is 5.32 Å². The molecule has 3 rings (SSSR count). The molecule has 1 fully saturated rings. The van der Waals surface area contributed by atoms with Gasteiger partial charge in [0.05, 0.1) is 19.2 Å². The highest BCUT2D eigenvalue weighted by Crippen LogP contribution is 2.25. The van der Waals surface area contributed by atoms with E-state index in [-0.39, 0.29) is 17.9 Å². The maximum atomic E-state index is 12.5. The van der Waals surface area contributed by atoms with Gasteiger partial charge in [-0.3, -0.25) is 4.79 Å². The fourth-order valence-electron chi connectivity index (χ4n) is 3.03. The number of benzene rings is 2. The number of nitrogens with zero attached hydrogens (tertiary/aromatic N) is 1. The first-order chi connectivity index (χ1) is 11.2. The van der Waals surface area contributed by atoms with Crippen LogP contribution in [-0.2, 0) is 9.53 Å². The first kappa shape index (κ1) is 15.3. The molecule has 1 N–H and O–H groups in total. The van der Waals surface area contributed by atoms with Crippen molar-refractivity contribution in [2.75, 3.05) is 25.5 Å². The molecule has 120 valence electrons. The second kappa shape index (κ2) is 6.69. The highest BCUT2D eigenvalue weighted by molar-refractivity contribution is 6.01. The minimum atomic E-state index is -0.216. The molecule has 1 saturated heterocycles. The van der Waals surface area contributed by atoms with Gasteiger partial charge in [-0.2, -0.15) is 0 Å². The average Bonchev–Trinajstić information content (AvgIpc) is 3.03. The summed E-state index contributed by atoms with van der Waals surface area (Å²) in [5.74, 6) is -0.0352. The third kappa shape index (κ3) is 3.44. The second-order valence-electron chi connectivity index (χ2n) is 5.84. The van der Waals surface area contributed by atoms with E-state index < -0.39 is 0 Å². The van der Waals surface area contributed by atoms with E-state index in [0.717, 1.165) is 22.9 Å². The number of ether oxygens (including phenoxy) is 1. The summed E-state index contributed by atoms with van der Waals surface area (Å²) in [5, 5.41) is 5.10. The normalized spacial score (nSPS) is 17.3. The van der Waals surface area contributed by atoms with Crippen molar-refractivity contribution in [3.8, 4) is 0 Å². The maximum Gasteiger partial charge on any atom is 0.321 e. The maximum absolute atomic E-state index is 12.5. The zero-order valence-electron chi connectivity index (χ0n) is 13.1. The SMILES string of the molecule is COC(=O)CC1CCN(C(=O)Nc2cccc3ccccc23)C1. The number of urea groups is 1. The second-order valence-corrected chi connectivity index (χ2v) is 5.84. The van der Waals surface area contributed by atoms with Gasteiger partial charge in [0.1, 0.15) is 0 Å². The summed E-state index contributed by atoms with van der Waals surface area (Å²) in [6.45, 7) is 1.25. The largest absolute Gasteiger partial charge is 0.469 e. The number of carbonyl (C=O) groups excluding carboxylic acids is 2. The molecule has 2 aromatic rings. The van der Waals surface area contributed by atoms with Crippen molar-refractivity contribution < 1.29 is 14.3 Å². The molecular formula is C18H20N2O3. The Balaban J connectivity index is 1.66. The first-order valence-electron chi connectivity index (χ1n) is 7.78. The van der Waals surface area contributed by atoms with Gasteiger partial charge in [0, 0.05) is 18.5 Å². The molecule has 0 aliphatic carbocycles. The Labute approximate surface area is 135 Å². The summed E-state index contributed by atoms with van der Waals surface area (Å²) in [7, 11) is 1.39. The lowest BCUT2D eigenvalue weighted by Gasteiger charge is -2.18. The van der Waals surface area contributed by atoms with Gasteiger partial charge in [0.15, 0.2) is 0 Å². The fraction of sp³-hybridized carbons (Fsp3) is 0.333. The number of fused-ring (bicyclic) bond motifs is 1. The number of anilines is 1. The van der Waals surface area contributed by atoms with Crippen LogP contribution in [-0.4, -0.2) is 37.1 Å². The van der Waals surface area contributed by atoms with Crippen LogP contribution in [0.4, 0.5) is 10.5 Å². The molecule has 1 heterocycles. The third-order valence-electron chi connectivity index (χ3n) is 4.29. The molecule has 1 aliphatic heterocycles. The molecule has 5 nitrogen and oxygen atoms in total. The zero-order valence-corrected chi connectivity index (χ0v) is 13.1. The Kier molecular flexibility index (Phi) is 4.46. The zero-order chi connectivity index (χ0) is 16.2. The van der Waals surface area contributed by atoms with Crippen LogP contribution in [0.3, 0.4) is 0 Å². The van der Waals surface area contributed by atoms with Gasteiger partial charge in [-0.1, -0.05) is 36.4 Å². The van der Waals surface area contributed by atoms with E-state index in [1.807, 2.05) is 42.5 Å². The monoisotopic (exact) mass is 312 g/mol. The van der Waals surface area contributed by atoms with Gasteiger partial charge in [0.25, 0.3) is 0 Å². The standard InChI is InChI=1S/C18H20N2O3/c1-23-17(21)11-13-9-10-20(12-13)18(22)19-16-8-4-6-14-5-2-3-7-15(14)16/h2-8,13H,9-12H2,1H3,(H,19,22). The minimum absolute atomic E-state index is 0.117. The predicted octanol–water partition coefficient (Wildman–Crippen LogP) is 3.26. The summed E-state index contributed by atoms with van der Waals surface area (Å²) in [6.07, 6.45) is 1.20. The molecule has 0 spiro atoms. The molecule has 23 heavy (non-hydrogen) atoms. The molecule has 0 aromatic heterocycles. The Morgan fingerprint density at radius 1 is 1.22 bits per heavy atom. The van der Waals surface area contributed by atoms with Crippen molar-refractivity contribution >= 4 is 28.5 Å². The van der Waals surface area contributed by atoms with E-state index in [1.165, 1.54) is 7.11 Å². The van der Waals surface area contributed by atoms with Gasteiger partial charge in [0.2, 0.25) is 0 Å². The van der Waals surface area contributed by atoms with Crippen molar-refractivity contribution in [2.45, 2.75) is 12.8 Å². The number of rotatable bonds is 3. The quantitative estimate of drug-likeness (QED) is 0.885. The lowest BCUT2D eigenvalue weighted by atomic mass is 10.1. The summed E-state index contributed by atoms with van der Waals surface area (Å²) >= 11 is 0. The van der Waals surface area contributed by atoms with Crippen LogP contribution in [0.15, 0.2) is 42.5 Å². The molecule has 0 bridgehead atoms. The number of methoxy groups -OCH3 is 1. The molecule has 0 saturated carbocycles. The number of hydrogen-bond donors (Lipinski definition) is 1. The van der Waals surface area contributed by atoms with Crippen LogP contribution in [0.25, 0.3) is 10.8 Å². The Morgan fingerprint density at radius 2 is 2.00 bits per heavy atom. The van der Waals surface area contributed by atoms with Gasteiger partial charge in [-0.25, -0.2) is 4.79 Å². The molecule has 5 heteroatoms. The van der Waals surface area contributed by atoms with Crippen LogP contribution in [0.1, 0.15) is 12.8 Å². The number of hydrogen-bond acceptors (Lipinski definition) is 3. The van der Waals surface area contributed by atoms with E-state index >= 15 is 0 Å². The molecule has 1 unspecified atom stereocenters. The van der Waals surface area contributed by atoms with Crippen molar-refractivity contribution in [3.63, 3.8) is 0 Å². The van der Waals surface area contributed by atoms with E-state index in [0.29, 0.717) is 19.5 Å². The van der Waals surface area contributed by atoms with Crippen LogP contribution >= 0.6 is 0 Å². The number of esters is 1. The van der Waals surface area contributed by atoms with Crippen molar-refractivity contribution in [2.24, 2.45) is 5.92 Å². The highest BCUT2D eigenvalue weighted by atomic mass is 16.5. The number of amides is 2. The van der Waals surface area contributed by atoms with Crippen molar-refractivity contribution in [3.05, 3.63) is 42.5 Å². The fourth-order valence-corrected chi connectivity index (χ4v) is 3.03. The number of nitrogens with one attached hydrogen (secondary N) is 1. The predicted molar refractivity (Wildman–Crippen MR) is 89.3 cm³/mol. The molecule has 2 aromatic carbocycles. The summed E-state index contributed by atoms with van der Waals surface area (Å²) in [6, 6.07) is 13.7. The number of carbonyl (C=O) groups is 2. The smallest absolute Gasteiger partial charge is 0.321 e.